The Balaban J connectivity index is 2.53. The van der Waals surface area contributed by atoms with E-state index < -0.39 is 0 Å². The average Bonchev–Trinajstić information content (AvgIpc) is 2.30. The van der Waals surface area contributed by atoms with Crippen LogP contribution < -0.4 is 10.6 Å². The monoisotopic (exact) mass is 262 g/mol. The van der Waals surface area contributed by atoms with Gasteiger partial charge < -0.3 is 10.6 Å². The SMILES string of the molecule is CCNC(=NCCc1ccc(C)nc1)NC(C)(C)C. The van der Waals surface area contributed by atoms with Crippen molar-refractivity contribution in [1.82, 2.24) is 15.6 Å². The third-order valence-electron chi connectivity index (χ3n) is 2.48. The molecule has 0 aromatic carbocycles. The lowest BCUT2D eigenvalue weighted by Gasteiger charge is -2.23. The van der Waals surface area contributed by atoms with Crippen molar-refractivity contribution < 1.29 is 0 Å². The molecule has 0 aliphatic rings. The van der Waals surface area contributed by atoms with Gasteiger partial charge in [0, 0.05) is 30.5 Å². The summed E-state index contributed by atoms with van der Waals surface area (Å²) in [6, 6.07) is 4.15. The number of rotatable bonds is 4. The van der Waals surface area contributed by atoms with Gasteiger partial charge in [0.05, 0.1) is 0 Å². The van der Waals surface area contributed by atoms with Crippen LogP contribution in [-0.4, -0.2) is 29.6 Å². The van der Waals surface area contributed by atoms with Gasteiger partial charge in [-0.15, -0.1) is 0 Å². The Hall–Kier alpha value is -1.58. The van der Waals surface area contributed by atoms with Gasteiger partial charge in [-0.3, -0.25) is 9.98 Å². The molecule has 1 aromatic heterocycles. The molecule has 0 fully saturated rings. The van der Waals surface area contributed by atoms with Gasteiger partial charge in [-0.05, 0) is 52.7 Å². The molecule has 106 valence electrons. The highest BCUT2D eigenvalue weighted by atomic mass is 15.2. The lowest BCUT2D eigenvalue weighted by Crippen LogP contribution is -2.47. The Labute approximate surface area is 116 Å². The summed E-state index contributed by atoms with van der Waals surface area (Å²) < 4.78 is 0. The summed E-state index contributed by atoms with van der Waals surface area (Å²) in [5, 5.41) is 6.63. The molecule has 0 aliphatic heterocycles. The fraction of sp³-hybridized carbons (Fsp3) is 0.600. The van der Waals surface area contributed by atoms with Gasteiger partial charge in [-0.25, -0.2) is 0 Å². The van der Waals surface area contributed by atoms with E-state index in [1.54, 1.807) is 0 Å². The highest BCUT2D eigenvalue weighted by Gasteiger charge is 2.11. The first-order valence-electron chi connectivity index (χ1n) is 6.89. The summed E-state index contributed by atoms with van der Waals surface area (Å²) in [6.07, 6.45) is 2.84. The second-order valence-corrected chi connectivity index (χ2v) is 5.69. The van der Waals surface area contributed by atoms with Crippen molar-refractivity contribution in [3.63, 3.8) is 0 Å². The van der Waals surface area contributed by atoms with Crippen molar-refractivity contribution in [2.75, 3.05) is 13.1 Å². The van der Waals surface area contributed by atoms with Crippen molar-refractivity contribution in [1.29, 1.82) is 0 Å². The summed E-state index contributed by atoms with van der Waals surface area (Å²) in [7, 11) is 0. The topological polar surface area (TPSA) is 49.3 Å². The van der Waals surface area contributed by atoms with Crippen LogP contribution in [0, 0.1) is 6.92 Å². The first kappa shape index (κ1) is 15.5. The highest BCUT2D eigenvalue weighted by molar-refractivity contribution is 5.80. The molecule has 1 heterocycles. The Morgan fingerprint density at radius 3 is 2.58 bits per heavy atom. The first-order chi connectivity index (χ1) is 8.90. The second-order valence-electron chi connectivity index (χ2n) is 5.69. The normalized spacial score (nSPS) is 12.4. The van der Waals surface area contributed by atoms with E-state index in [1.165, 1.54) is 5.56 Å². The van der Waals surface area contributed by atoms with Crippen LogP contribution in [0.1, 0.15) is 39.0 Å². The van der Waals surface area contributed by atoms with E-state index in [9.17, 15) is 0 Å². The Bertz CT molecular complexity index is 401. The highest BCUT2D eigenvalue weighted by Crippen LogP contribution is 2.01. The maximum atomic E-state index is 4.58. The Morgan fingerprint density at radius 2 is 2.05 bits per heavy atom. The molecule has 0 aliphatic carbocycles. The number of hydrogen-bond acceptors (Lipinski definition) is 2. The van der Waals surface area contributed by atoms with Crippen LogP contribution in [0.4, 0.5) is 0 Å². The molecule has 1 aromatic rings. The lowest BCUT2D eigenvalue weighted by atomic mass is 10.1. The summed E-state index contributed by atoms with van der Waals surface area (Å²) in [6.45, 7) is 12.1. The van der Waals surface area contributed by atoms with E-state index in [0.29, 0.717) is 0 Å². The minimum absolute atomic E-state index is 0.0203. The second kappa shape index (κ2) is 7.12. The largest absolute Gasteiger partial charge is 0.357 e. The Morgan fingerprint density at radius 1 is 1.32 bits per heavy atom. The third kappa shape index (κ3) is 6.79. The van der Waals surface area contributed by atoms with Crippen molar-refractivity contribution in [3.8, 4) is 0 Å². The van der Waals surface area contributed by atoms with Crippen molar-refractivity contribution in [3.05, 3.63) is 29.6 Å². The molecule has 4 heteroatoms. The average molecular weight is 262 g/mol. The maximum Gasteiger partial charge on any atom is 0.191 e. The standard InChI is InChI=1S/C15H26N4/c1-6-16-14(19-15(3,4)5)17-10-9-13-8-7-12(2)18-11-13/h7-8,11H,6,9-10H2,1-5H3,(H2,16,17,19). The third-order valence-corrected chi connectivity index (χ3v) is 2.48. The lowest BCUT2D eigenvalue weighted by molar-refractivity contribution is 0.501. The van der Waals surface area contributed by atoms with E-state index in [0.717, 1.165) is 31.2 Å². The summed E-state index contributed by atoms with van der Waals surface area (Å²) >= 11 is 0. The predicted molar refractivity (Wildman–Crippen MR) is 81.5 cm³/mol. The van der Waals surface area contributed by atoms with Crippen LogP contribution in [0.25, 0.3) is 0 Å². The van der Waals surface area contributed by atoms with Crippen molar-refractivity contribution >= 4 is 5.96 Å². The molecule has 0 saturated carbocycles. The van der Waals surface area contributed by atoms with Gasteiger partial charge in [-0.1, -0.05) is 6.07 Å². The van der Waals surface area contributed by atoms with Gasteiger partial charge in [0.2, 0.25) is 0 Å². The number of aliphatic imine (C=N–C) groups is 1. The van der Waals surface area contributed by atoms with E-state index in [2.05, 4.69) is 54.4 Å². The summed E-state index contributed by atoms with van der Waals surface area (Å²) in [5.74, 6) is 0.870. The Kier molecular flexibility index (Phi) is 5.80. The molecular weight excluding hydrogens is 236 g/mol. The molecule has 0 amide bonds. The summed E-state index contributed by atoms with van der Waals surface area (Å²) in [4.78, 5) is 8.88. The molecule has 0 spiro atoms. The molecule has 0 saturated heterocycles. The molecule has 0 unspecified atom stereocenters. The number of nitrogens with zero attached hydrogens (tertiary/aromatic N) is 2. The smallest absolute Gasteiger partial charge is 0.191 e. The first-order valence-corrected chi connectivity index (χ1v) is 6.89. The predicted octanol–water partition coefficient (Wildman–Crippen LogP) is 2.29. The van der Waals surface area contributed by atoms with Crippen LogP contribution in [0.3, 0.4) is 0 Å². The van der Waals surface area contributed by atoms with Gasteiger partial charge in [-0.2, -0.15) is 0 Å². The molecule has 0 bridgehead atoms. The number of hydrogen-bond donors (Lipinski definition) is 2. The zero-order valence-electron chi connectivity index (χ0n) is 12.7. The number of nitrogens with one attached hydrogen (secondary N) is 2. The fourth-order valence-corrected chi connectivity index (χ4v) is 1.61. The number of pyridine rings is 1. The molecular formula is C15H26N4. The number of guanidine groups is 1. The van der Waals surface area contributed by atoms with Crippen LogP contribution in [0.2, 0.25) is 0 Å². The van der Waals surface area contributed by atoms with Crippen LogP contribution >= 0.6 is 0 Å². The number of aromatic nitrogens is 1. The molecule has 0 radical (unpaired) electrons. The van der Waals surface area contributed by atoms with E-state index in [1.807, 2.05) is 19.2 Å². The minimum Gasteiger partial charge on any atom is -0.357 e. The molecule has 0 atom stereocenters. The van der Waals surface area contributed by atoms with Gasteiger partial charge in [0.1, 0.15) is 0 Å². The van der Waals surface area contributed by atoms with Gasteiger partial charge in [0.25, 0.3) is 0 Å². The fourth-order valence-electron chi connectivity index (χ4n) is 1.61. The zero-order chi connectivity index (χ0) is 14.3. The maximum absolute atomic E-state index is 4.58. The molecule has 19 heavy (non-hydrogen) atoms. The van der Waals surface area contributed by atoms with E-state index in [-0.39, 0.29) is 5.54 Å². The molecule has 4 nitrogen and oxygen atoms in total. The van der Waals surface area contributed by atoms with Gasteiger partial charge in [0.15, 0.2) is 5.96 Å². The quantitative estimate of drug-likeness (QED) is 0.646. The van der Waals surface area contributed by atoms with E-state index >= 15 is 0 Å². The van der Waals surface area contributed by atoms with E-state index in [4.69, 9.17) is 0 Å². The molecule has 2 N–H and O–H groups in total. The van der Waals surface area contributed by atoms with Crippen LogP contribution in [-0.2, 0) is 6.42 Å². The molecule has 1 rings (SSSR count). The minimum atomic E-state index is 0.0203. The van der Waals surface area contributed by atoms with Gasteiger partial charge >= 0.3 is 0 Å². The summed E-state index contributed by atoms with van der Waals surface area (Å²) in [5.41, 5.74) is 2.29. The van der Waals surface area contributed by atoms with Crippen LogP contribution in [0.15, 0.2) is 23.3 Å². The van der Waals surface area contributed by atoms with Crippen molar-refractivity contribution in [2.24, 2.45) is 4.99 Å². The van der Waals surface area contributed by atoms with Crippen molar-refractivity contribution in [2.45, 2.75) is 46.6 Å². The van der Waals surface area contributed by atoms with Crippen LogP contribution in [0.5, 0.6) is 0 Å². The zero-order valence-corrected chi connectivity index (χ0v) is 12.7. The number of aryl methyl sites for hydroxylation is 1.